The first-order valence-corrected chi connectivity index (χ1v) is 7.74. The quantitative estimate of drug-likeness (QED) is 0.849. The molecule has 1 amide bonds. The van der Waals surface area contributed by atoms with Gasteiger partial charge in [-0.1, -0.05) is 30.3 Å². The predicted octanol–water partition coefficient (Wildman–Crippen LogP) is 2.67. The van der Waals surface area contributed by atoms with Gasteiger partial charge in [-0.25, -0.2) is 0 Å². The number of carbonyl (C=O) groups excluding carboxylic acids is 1. The van der Waals surface area contributed by atoms with Crippen molar-refractivity contribution in [3.8, 4) is 11.5 Å². The molecule has 2 rings (SSSR count). The Balaban J connectivity index is 2.30. The van der Waals surface area contributed by atoms with Gasteiger partial charge in [0, 0.05) is 6.54 Å². The molecule has 5 nitrogen and oxygen atoms in total. The van der Waals surface area contributed by atoms with Crippen molar-refractivity contribution in [3.63, 3.8) is 0 Å². The van der Waals surface area contributed by atoms with Crippen molar-refractivity contribution in [2.45, 2.75) is 19.5 Å². The average Bonchev–Trinajstić information content (AvgIpc) is 2.57. The van der Waals surface area contributed by atoms with E-state index in [1.165, 1.54) is 0 Å². The monoisotopic (exact) mass is 328 g/mol. The number of amides is 1. The number of nitrogens with two attached hydrogens (primary N) is 1. The van der Waals surface area contributed by atoms with E-state index in [2.05, 4.69) is 0 Å². The van der Waals surface area contributed by atoms with Gasteiger partial charge < -0.3 is 15.2 Å². The van der Waals surface area contributed by atoms with Gasteiger partial charge in [0.05, 0.1) is 14.2 Å². The number of hydrogen-bond donors (Lipinski definition) is 1. The van der Waals surface area contributed by atoms with E-state index in [1.54, 1.807) is 14.2 Å². The van der Waals surface area contributed by atoms with Crippen LogP contribution in [0.3, 0.4) is 0 Å². The SMILES string of the molecule is COc1cc(C)c(CN(C)[C@@H](C(N)=O)c2ccccc2)cc1OC. The van der Waals surface area contributed by atoms with Crippen LogP contribution < -0.4 is 15.2 Å². The molecule has 0 spiro atoms. The van der Waals surface area contributed by atoms with Crippen molar-refractivity contribution in [1.82, 2.24) is 4.90 Å². The zero-order chi connectivity index (χ0) is 17.7. The number of likely N-dealkylation sites (N-methyl/N-ethyl adjacent to an activating group) is 1. The number of benzene rings is 2. The lowest BCUT2D eigenvalue weighted by atomic mass is 10.0. The van der Waals surface area contributed by atoms with Gasteiger partial charge in [-0.05, 0) is 42.8 Å². The first-order chi connectivity index (χ1) is 11.5. The molecular weight excluding hydrogens is 304 g/mol. The van der Waals surface area contributed by atoms with Gasteiger partial charge in [0.2, 0.25) is 5.91 Å². The van der Waals surface area contributed by atoms with Crippen LogP contribution in [0, 0.1) is 6.92 Å². The van der Waals surface area contributed by atoms with Gasteiger partial charge in [-0.2, -0.15) is 0 Å². The average molecular weight is 328 g/mol. The lowest BCUT2D eigenvalue weighted by molar-refractivity contribution is -0.123. The minimum Gasteiger partial charge on any atom is -0.493 e. The van der Waals surface area contributed by atoms with Crippen LogP contribution in [0.2, 0.25) is 0 Å². The lowest BCUT2D eigenvalue weighted by Gasteiger charge is -2.27. The highest BCUT2D eigenvalue weighted by molar-refractivity contribution is 5.81. The predicted molar refractivity (Wildman–Crippen MR) is 94.1 cm³/mol. The number of aryl methyl sites for hydroxylation is 1. The standard InChI is InChI=1S/C19H24N2O3/c1-13-10-16(23-3)17(24-4)11-15(13)12-21(2)18(19(20)22)14-8-6-5-7-9-14/h5-11,18H,12H2,1-4H3,(H2,20,22)/t18-/m1/s1. The number of primary amides is 1. The molecule has 2 aromatic carbocycles. The summed E-state index contributed by atoms with van der Waals surface area (Å²) >= 11 is 0. The third-order valence-electron chi connectivity index (χ3n) is 4.09. The Kier molecular flexibility index (Phi) is 5.82. The van der Waals surface area contributed by atoms with Crippen LogP contribution in [0.1, 0.15) is 22.7 Å². The summed E-state index contributed by atoms with van der Waals surface area (Å²) in [7, 11) is 5.11. The molecule has 0 aliphatic carbocycles. The van der Waals surface area contributed by atoms with Crippen LogP contribution in [0.25, 0.3) is 0 Å². The normalized spacial score (nSPS) is 12.0. The number of rotatable bonds is 7. The molecule has 0 saturated heterocycles. The van der Waals surface area contributed by atoms with Crippen molar-refractivity contribution < 1.29 is 14.3 Å². The zero-order valence-electron chi connectivity index (χ0n) is 14.6. The number of ether oxygens (including phenoxy) is 2. The molecule has 0 bridgehead atoms. The summed E-state index contributed by atoms with van der Waals surface area (Å²) in [5.41, 5.74) is 8.64. The lowest BCUT2D eigenvalue weighted by Crippen LogP contribution is -2.35. The molecule has 24 heavy (non-hydrogen) atoms. The van der Waals surface area contributed by atoms with Gasteiger partial charge in [-0.3, -0.25) is 9.69 Å². The molecule has 0 aliphatic heterocycles. The molecule has 2 aromatic rings. The van der Waals surface area contributed by atoms with E-state index in [-0.39, 0.29) is 5.91 Å². The fourth-order valence-electron chi connectivity index (χ4n) is 2.82. The van der Waals surface area contributed by atoms with Gasteiger partial charge in [0.15, 0.2) is 11.5 Å². The van der Waals surface area contributed by atoms with E-state index in [4.69, 9.17) is 15.2 Å². The summed E-state index contributed by atoms with van der Waals surface area (Å²) in [5, 5.41) is 0. The Morgan fingerprint density at radius 3 is 2.25 bits per heavy atom. The summed E-state index contributed by atoms with van der Waals surface area (Å²) < 4.78 is 10.7. The Bertz CT molecular complexity index is 701. The molecule has 0 aliphatic rings. The molecule has 128 valence electrons. The highest BCUT2D eigenvalue weighted by Crippen LogP contribution is 2.31. The summed E-state index contributed by atoms with van der Waals surface area (Å²) in [5.74, 6) is 0.986. The van der Waals surface area contributed by atoms with E-state index in [1.807, 2.05) is 61.3 Å². The number of methoxy groups -OCH3 is 2. The van der Waals surface area contributed by atoms with Crippen molar-refractivity contribution in [1.29, 1.82) is 0 Å². The second-order valence-corrected chi connectivity index (χ2v) is 5.76. The maximum atomic E-state index is 12.0. The molecule has 0 radical (unpaired) electrons. The first kappa shape index (κ1) is 17.8. The highest BCUT2D eigenvalue weighted by Gasteiger charge is 2.23. The maximum Gasteiger partial charge on any atom is 0.239 e. The van der Waals surface area contributed by atoms with E-state index < -0.39 is 6.04 Å². The van der Waals surface area contributed by atoms with Crippen LogP contribution in [0.4, 0.5) is 0 Å². The summed E-state index contributed by atoms with van der Waals surface area (Å²) in [6.45, 7) is 2.57. The van der Waals surface area contributed by atoms with Crippen molar-refractivity contribution >= 4 is 5.91 Å². The van der Waals surface area contributed by atoms with Crippen molar-refractivity contribution in [3.05, 3.63) is 59.2 Å². The third kappa shape index (κ3) is 3.86. The molecule has 0 unspecified atom stereocenters. The van der Waals surface area contributed by atoms with Gasteiger partial charge in [-0.15, -0.1) is 0 Å². The van der Waals surface area contributed by atoms with Crippen LogP contribution in [0.15, 0.2) is 42.5 Å². The van der Waals surface area contributed by atoms with Crippen LogP contribution in [-0.4, -0.2) is 32.1 Å². The molecule has 0 saturated carbocycles. The van der Waals surface area contributed by atoms with E-state index in [9.17, 15) is 4.79 Å². The zero-order valence-corrected chi connectivity index (χ0v) is 14.6. The second kappa shape index (κ2) is 7.84. The van der Waals surface area contributed by atoms with E-state index >= 15 is 0 Å². The summed E-state index contributed by atoms with van der Waals surface area (Å²) in [6, 6.07) is 12.9. The van der Waals surface area contributed by atoms with Crippen LogP contribution in [0.5, 0.6) is 11.5 Å². The van der Waals surface area contributed by atoms with Crippen molar-refractivity contribution in [2.75, 3.05) is 21.3 Å². The Morgan fingerprint density at radius 1 is 1.12 bits per heavy atom. The molecule has 2 N–H and O–H groups in total. The minimum atomic E-state index is -0.487. The summed E-state index contributed by atoms with van der Waals surface area (Å²) in [6.07, 6.45) is 0. The minimum absolute atomic E-state index is 0.373. The molecule has 0 aromatic heterocycles. The van der Waals surface area contributed by atoms with Gasteiger partial charge >= 0.3 is 0 Å². The van der Waals surface area contributed by atoms with E-state index in [0.29, 0.717) is 18.0 Å². The number of nitrogens with zero attached hydrogens (tertiary/aromatic N) is 1. The van der Waals surface area contributed by atoms with Crippen LogP contribution in [-0.2, 0) is 11.3 Å². The summed E-state index contributed by atoms with van der Waals surface area (Å²) in [4.78, 5) is 13.9. The molecule has 1 atom stereocenters. The highest BCUT2D eigenvalue weighted by atomic mass is 16.5. The van der Waals surface area contributed by atoms with E-state index in [0.717, 1.165) is 16.7 Å². The molecule has 0 fully saturated rings. The molecular formula is C19H24N2O3. The topological polar surface area (TPSA) is 64.8 Å². The number of carbonyl (C=O) groups is 1. The third-order valence-corrected chi connectivity index (χ3v) is 4.09. The Labute approximate surface area is 143 Å². The first-order valence-electron chi connectivity index (χ1n) is 7.74. The van der Waals surface area contributed by atoms with Gasteiger partial charge in [0.25, 0.3) is 0 Å². The Morgan fingerprint density at radius 2 is 1.71 bits per heavy atom. The molecule has 5 heteroatoms. The largest absolute Gasteiger partial charge is 0.493 e. The maximum absolute atomic E-state index is 12.0. The smallest absolute Gasteiger partial charge is 0.239 e. The van der Waals surface area contributed by atoms with Crippen molar-refractivity contribution in [2.24, 2.45) is 5.73 Å². The Hall–Kier alpha value is -2.53. The fourth-order valence-corrected chi connectivity index (χ4v) is 2.82. The van der Waals surface area contributed by atoms with Gasteiger partial charge in [0.1, 0.15) is 6.04 Å². The fraction of sp³-hybridized carbons (Fsp3) is 0.316. The van der Waals surface area contributed by atoms with Crippen LogP contribution >= 0.6 is 0 Å². The number of hydrogen-bond acceptors (Lipinski definition) is 4. The molecule has 0 heterocycles. The second-order valence-electron chi connectivity index (χ2n) is 5.76.